The Bertz CT molecular complexity index is 412. The normalized spacial score (nSPS) is 16.4. The molecule has 4 heteroatoms. The number of aromatic nitrogens is 2. The molecule has 0 radical (unpaired) electrons. The molecule has 0 spiro atoms. The van der Waals surface area contributed by atoms with Crippen molar-refractivity contribution in [2.24, 2.45) is 0 Å². The van der Waals surface area contributed by atoms with E-state index in [2.05, 4.69) is 50.7 Å². The third kappa shape index (κ3) is 3.41. The van der Waals surface area contributed by atoms with Gasteiger partial charge in [0, 0.05) is 24.2 Å². The Hall–Kier alpha value is -0.870. The summed E-state index contributed by atoms with van der Waals surface area (Å²) in [5, 5.41) is 15.3. The van der Waals surface area contributed by atoms with Gasteiger partial charge in [0.15, 0.2) is 0 Å². The number of rotatable bonds is 8. The predicted molar refractivity (Wildman–Crippen MR) is 84.0 cm³/mol. The van der Waals surface area contributed by atoms with Gasteiger partial charge in [-0.15, -0.1) is 0 Å². The van der Waals surface area contributed by atoms with Crippen LogP contribution in [-0.2, 0) is 13.0 Å². The third-order valence-corrected chi connectivity index (χ3v) is 4.61. The molecule has 0 aromatic carbocycles. The average molecular weight is 281 g/mol. The smallest absolute Gasteiger partial charge is 0.0776 e. The summed E-state index contributed by atoms with van der Waals surface area (Å²) in [6, 6.07) is 2.09. The van der Waals surface area contributed by atoms with Gasteiger partial charge in [-0.25, -0.2) is 0 Å². The average Bonchev–Trinajstić information content (AvgIpc) is 2.79. The van der Waals surface area contributed by atoms with Crippen LogP contribution in [0.5, 0.6) is 0 Å². The van der Waals surface area contributed by atoms with Gasteiger partial charge in [-0.2, -0.15) is 5.10 Å². The van der Waals surface area contributed by atoms with E-state index in [-0.39, 0.29) is 11.6 Å². The molecule has 1 N–H and O–H groups in total. The van der Waals surface area contributed by atoms with Gasteiger partial charge in [0.2, 0.25) is 0 Å². The van der Waals surface area contributed by atoms with Crippen molar-refractivity contribution in [1.29, 1.82) is 0 Å². The van der Waals surface area contributed by atoms with E-state index in [1.807, 2.05) is 11.6 Å². The fourth-order valence-corrected chi connectivity index (χ4v) is 3.07. The lowest BCUT2D eigenvalue weighted by atomic mass is 9.86. The van der Waals surface area contributed by atoms with Crippen LogP contribution >= 0.6 is 0 Å². The van der Waals surface area contributed by atoms with E-state index < -0.39 is 0 Å². The first-order valence-corrected chi connectivity index (χ1v) is 7.89. The van der Waals surface area contributed by atoms with Crippen molar-refractivity contribution in [3.05, 3.63) is 17.5 Å². The summed E-state index contributed by atoms with van der Waals surface area (Å²) in [4.78, 5) is 2.36. The van der Waals surface area contributed by atoms with Crippen molar-refractivity contribution < 1.29 is 5.11 Å². The molecule has 0 fully saturated rings. The standard InChI is InChI=1S/C16H31N3O/c1-7-16(6,18(8-2)9-3)15(20)12-14-11-13(5)17-19(14)10-4/h11,15,20H,7-10,12H2,1-6H3. The van der Waals surface area contributed by atoms with Crippen molar-refractivity contribution in [2.75, 3.05) is 13.1 Å². The highest BCUT2D eigenvalue weighted by atomic mass is 16.3. The monoisotopic (exact) mass is 281 g/mol. The second-order valence-electron chi connectivity index (χ2n) is 5.70. The Kier molecular flexibility index (Phi) is 6.21. The summed E-state index contributed by atoms with van der Waals surface area (Å²) in [6.07, 6.45) is 1.22. The summed E-state index contributed by atoms with van der Waals surface area (Å²) in [6.45, 7) is 15.5. The molecular formula is C16H31N3O. The van der Waals surface area contributed by atoms with Crippen molar-refractivity contribution in [3.8, 4) is 0 Å². The van der Waals surface area contributed by atoms with Gasteiger partial charge in [0.05, 0.1) is 11.8 Å². The summed E-state index contributed by atoms with van der Waals surface area (Å²) in [5.74, 6) is 0. The van der Waals surface area contributed by atoms with E-state index in [1.165, 1.54) is 0 Å². The topological polar surface area (TPSA) is 41.3 Å². The molecule has 0 saturated heterocycles. The zero-order chi connectivity index (χ0) is 15.3. The van der Waals surface area contributed by atoms with Crippen LogP contribution in [0.25, 0.3) is 0 Å². The van der Waals surface area contributed by atoms with Crippen LogP contribution in [0.1, 0.15) is 52.4 Å². The van der Waals surface area contributed by atoms with E-state index in [1.54, 1.807) is 0 Å². The van der Waals surface area contributed by atoms with Gasteiger partial charge in [-0.05, 0) is 46.3 Å². The molecule has 2 atom stereocenters. The van der Waals surface area contributed by atoms with Crippen LogP contribution < -0.4 is 0 Å². The second-order valence-corrected chi connectivity index (χ2v) is 5.70. The van der Waals surface area contributed by atoms with Crippen LogP contribution in [0.3, 0.4) is 0 Å². The SMILES string of the molecule is CCN(CC)C(C)(CC)C(O)Cc1cc(C)nn1CC. The second kappa shape index (κ2) is 7.23. The molecule has 20 heavy (non-hydrogen) atoms. The molecule has 0 saturated carbocycles. The van der Waals surface area contributed by atoms with Gasteiger partial charge >= 0.3 is 0 Å². The highest BCUT2D eigenvalue weighted by Gasteiger charge is 2.36. The van der Waals surface area contributed by atoms with E-state index in [0.29, 0.717) is 6.42 Å². The predicted octanol–water partition coefficient (Wildman–Crippen LogP) is 2.63. The summed E-state index contributed by atoms with van der Waals surface area (Å²) >= 11 is 0. The first-order valence-electron chi connectivity index (χ1n) is 7.89. The van der Waals surface area contributed by atoms with Crippen molar-refractivity contribution in [2.45, 2.75) is 72.6 Å². The Morgan fingerprint density at radius 3 is 2.35 bits per heavy atom. The maximum Gasteiger partial charge on any atom is 0.0776 e. The van der Waals surface area contributed by atoms with Crippen LogP contribution in [0.4, 0.5) is 0 Å². The zero-order valence-electron chi connectivity index (χ0n) is 14.0. The fraction of sp³-hybridized carbons (Fsp3) is 0.812. The Morgan fingerprint density at radius 1 is 1.30 bits per heavy atom. The minimum Gasteiger partial charge on any atom is -0.391 e. The summed E-state index contributed by atoms with van der Waals surface area (Å²) in [7, 11) is 0. The van der Waals surface area contributed by atoms with Crippen LogP contribution in [0, 0.1) is 6.92 Å². The maximum atomic E-state index is 10.8. The van der Waals surface area contributed by atoms with E-state index >= 15 is 0 Å². The Labute approximate surface area is 123 Å². The third-order valence-electron chi connectivity index (χ3n) is 4.61. The fourth-order valence-electron chi connectivity index (χ4n) is 3.07. The molecule has 116 valence electrons. The van der Waals surface area contributed by atoms with Gasteiger partial charge in [0.25, 0.3) is 0 Å². The lowest BCUT2D eigenvalue weighted by Gasteiger charge is -2.43. The minimum absolute atomic E-state index is 0.180. The van der Waals surface area contributed by atoms with Crippen molar-refractivity contribution in [1.82, 2.24) is 14.7 Å². The van der Waals surface area contributed by atoms with Gasteiger partial charge in [-0.1, -0.05) is 20.8 Å². The summed E-state index contributed by atoms with van der Waals surface area (Å²) < 4.78 is 2.00. The van der Waals surface area contributed by atoms with Gasteiger partial charge in [0.1, 0.15) is 0 Å². The lowest BCUT2D eigenvalue weighted by Crippen LogP contribution is -2.55. The number of likely N-dealkylation sites (N-methyl/N-ethyl adjacent to an activating group) is 1. The van der Waals surface area contributed by atoms with E-state index in [9.17, 15) is 5.11 Å². The van der Waals surface area contributed by atoms with Crippen LogP contribution in [0.2, 0.25) is 0 Å². The van der Waals surface area contributed by atoms with Gasteiger partial charge in [-0.3, -0.25) is 9.58 Å². The first-order chi connectivity index (χ1) is 9.42. The molecule has 0 amide bonds. The molecule has 4 nitrogen and oxygen atoms in total. The van der Waals surface area contributed by atoms with Crippen LogP contribution in [0.15, 0.2) is 6.07 Å². The molecule has 1 aromatic heterocycles. The number of aliphatic hydroxyl groups excluding tert-OH is 1. The number of hydrogen-bond donors (Lipinski definition) is 1. The molecule has 1 aromatic rings. The van der Waals surface area contributed by atoms with Crippen molar-refractivity contribution >= 4 is 0 Å². The molecule has 1 heterocycles. The van der Waals surface area contributed by atoms with Gasteiger partial charge < -0.3 is 5.11 Å². The minimum atomic E-state index is -0.381. The molecule has 0 aliphatic carbocycles. The Morgan fingerprint density at radius 2 is 1.90 bits per heavy atom. The highest BCUT2D eigenvalue weighted by Crippen LogP contribution is 2.26. The zero-order valence-corrected chi connectivity index (χ0v) is 14.0. The highest BCUT2D eigenvalue weighted by molar-refractivity contribution is 5.12. The lowest BCUT2D eigenvalue weighted by molar-refractivity contribution is -0.0199. The number of nitrogens with zero attached hydrogens (tertiary/aromatic N) is 3. The van der Waals surface area contributed by atoms with E-state index in [0.717, 1.165) is 37.4 Å². The Balaban J connectivity index is 2.94. The first kappa shape index (κ1) is 17.2. The summed E-state index contributed by atoms with van der Waals surface area (Å²) in [5.41, 5.74) is 1.97. The molecule has 0 aliphatic heterocycles. The molecule has 0 aliphatic rings. The number of aryl methyl sites for hydroxylation is 2. The molecule has 2 unspecified atom stereocenters. The largest absolute Gasteiger partial charge is 0.391 e. The molecule has 0 bridgehead atoms. The maximum absolute atomic E-state index is 10.8. The van der Waals surface area contributed by atoms with E-state index in [4.69, 9.17) is 0 Å². The molecular weight excluding hydrogens is 250 g/mol. The number of hydrogen-bond acceptors (Lipinski definition) is 3. The molecule has 1 rings (SSSR count). The number of aliphatic hydroxyl groups is 1. The van der Waals surface area contributed by atoms with Crippen molar-refractivity contribution in [3.63, 3.8) is 0 Å². The van der Waals surface area contributed by atoms with Crippen LogP contribution in [-0.4, -0.2) is 44.5 Å². The quantitative estimate of drug-likeness (QED) is 0.796.